The van der Waals surface area contributed by atoms with Crippen molar-refractivity contribution in [1.82, 2.24) is 10.2 Å². The topological polar surface area (TPSA) is 47.9 Å². The van der Waals surface area contributed by atoms with Crippen molar-refractivity contribution >= 4 is 17.6 Å². The fourth-order valence-electron chi connectivity index (χ4n) is 3.09. The molecule has 0 radical (unpaired) electrons. The number of aliphatic hydroxyl groups is 1. The molecule has 0 bridgehead atoms. The summed E-state index contributed by atoms with van der Waals surface area (Å²) in [6, 6.07) is 10.6. The number of aliphatic hydroxyl groups excluding tert-OH is 1. The summed E-state index contributed by atoms with van der Waals surface area (Å²) in [5.41, 5.74) is 0.752. The van der Waals surface area contributed by atoms with Crippen LogP contribution in [0.3, 0.4) is 0 Å². The Morgan fingerprint density at radius 1 is 1.33 bits per heavy atom. The van der Waals surface area contributed by atoms with E-state index in [1.54, 1.807) is 0 Å². The predicted octanol–water partition coefficient (Wildman–Crippen LogP) is 2.43. The van der Waals surface area contributed by atoms with Crippen molar-refractivity contribution in [3.8, 4) is 12.3 Å². The van der Waals surface area contributed by atoms with Crippen molar-refractivity contribution < 1.29 is 5.11 Å². The second kappa shape index (κ2) is 8.39. The van der Waals surface area contributed by atoms with E-state index >= 15 is 0 Å². The van der Waals surface area contributed by atoms with E-state index in [1.165, 1.54) is 17.3 Å². The maximum atomic E-state index is 9.78. The molecule has 24 heavy (non-hydrogen) atoms. The lowest BCUT2D eigenvalue weighted by Gasteiger charge is -2.30. The SMILES string of the molecule is C#CCN=C1NC(O)SC1=CC1CCN(Cc2ccccc2)CC1. The van der Waals surface area contributed by atoms with Crippen LogP contribution in [0.1, 0.15) is 18.4 Å². The number of nitrogens with one attached hydrogen (secondary N) is 1. The van der Waals surface area contributed by atoms with Gasteiger partial charge in [0.05, 0.1) is 4.91 Å². The summed E-state index contributed by atoms with van der Waals surface area (Å²) in [6.45, 7) is 3.55. The summed E-state index contributed by atoms with van der Waals surface area (Å²) < 4.78 is 0. The van der Waals surface area contributed by atoms with Gasteiger partial charge in [-0.25, -0.2) is 0 Å². The highest BCUT2D eigenvalue weighted by atomic mass is 32.2. The van der Waals surface area contributed by atoms with Crippen LogP contribution >= 0.6 is 11.8 Å². The zero-order valence-electron chi connectivity index (χ0n) is 13.7. The molecular formula is C19H23N3OS. The van der Waals surface area contributed by atoms with Crippen molar-refractivity contribution in [2.24, 2.45) is 10.9 Å². The minimum Gasteiger partial charge on any atom is -0.364 e. The number of piperidine rings is 1. The zero-order valence-corrected chi connectivity index (χ0v) is 14.5. The molecule has 1 aromatic carbocycles. The number of benzene rings is 1. The quantitative estimate of drug-likeness (QED) is 0.826. The molecule has 0 aliphatic carbocycles. The van der Waals surface area contributed by atoms with Gasteiger partial charge in [-0.3, -0.25) is 9.89 Å². The Morgan fingerprint density at radius 3 is 2.79 bits per heavy atom. The first-order valence-electron chi connectivity index (χ1n) is 8.32. The van der Waals surface area contributed by atoms with Crippen LogP contribution in [0.25, 0.3) is 0 Å². The van der Waals surface area contributed by atoms with Crippen LogP contribution in [0.4, 0.5) is 0 Å². The first-order chi connectivity index (χ1) is 11.7. The zero-order chi connectivity index (χ0) is 16.8. The average Bonchev–Trinajstić information content (AvgIpc) is 2.95. The smallest absolute Gasteiger partial charge is 0.179 e. The second-order valence-electron chi connectivity index (χ2n) is 6.11. The van der Waals surface area contributed by atoms with Gasteiger partial charge in [-0.15, -0.1) is 6.42 Å². The Morgan fingerprint density at radius 2 is 2.08 bits per heavy atom. The fraction of sp³-hybridized carbons (Fsp3) is 0.421. The number of thioether (sulfide) groups is 1. The van der Waals surface area contributed by atoms with Gasteiger partial charge >= 0.3 is 0 Å². The van der Waals surface area contributed by atoms with Gasteiger partial charge in [0.25, 0.3) is 0 Å². The van der Waals surface area contributed by atoms with Crippen LogP contribution in [0.5, 0.6) is 0 Å². The molecule has 2 aliphatic heterocycles. The molecule has 0 saturated carbocycles. The predicted molar refractivity (Wildman–Crippen MR) is 100 cm³/mol. The first kappa shape index (κ1) is 17.1. The Bertz CT molecular complexity index is 642. The van der Waals surface area contributed by atoms with Crippen molar-refractivity contribution in [3.63, 3.8) is 0 Å². The minimum atomic E-state index is -0.619. The Kier molecular flexibility index (Phi) is 5.97. The van der Waals surface area contributed by atoms with Crippen LogP contribution in [-0.2, 0) is 6.54 Å². The van der Waals surface area contributed by atoms with Gasteiger partial charge < -0.3 is 10.4 Å². The number of hydrogen-bond acceptors (Lipinski definition) is 4. The molecule has 2 fully saturated rings. The molecule has 2 heterocycles. The van der Waals surface area contributed by atoms with Gasteiger partial charge in [0.2, 0.25) is 0 Å². The van der Waals surface area contributed by atoms with Crippen LogP contribution in [-0.4, -0.2) is 41.0 Å². The number of terminal acetylenes is 1. The molecule has 3 rings (SSSR count). The lowest BCUT2D eigenvalue weighted by atomic mass is 9.96. The van der Waals surface area contributed by atoms with E-state index in [9.17, 15) is 5.11 Å². The number of likely N-dealkylation sites (tertiary alicyclic amines) is 1. The number of allylic oxidation sites excluding steroid dienone is 1. The van der Waals surface area contributed by atoms with E-state index < -0.39 is 5.56 Å². The van der Waals surface area contributed by atoms with E-state index in [0.717, 1.165) is 43.2 Å². The van der Waals surface area contributed by atoms with Crippen LogP contribution < -0.4 is 5.32 Å². The Labute approximate surface area is 148 Å². The normalized spacial score (nSPS) is 25.8. The summed E-state index contributed by atoms with van der Waals surface area (Å²) in [7, 11) is 0. The lowest BCUT2D eigenvalue weighted by Crippen LogP contribution is -2.32. The van der Waals surface area contributed by atoms with Crippen LogP contribution in [0, 0.1) is 18.3 Å². The van der Waals surface area contributed by atoms with E-state index in [-0.39, 0.29) is 0 Å². The fourth-order valence-corrected chi connectivity index (χ4v) is 4.01. The van der Waals surface area contributed by atoms with Crippen molar-refractivity contribution in [2.75, 3.05) is 19.6 Å². The summed E-state index contributed by atoms with van der Waals surface area (Å²) in [5.74, 6) is 3.77. The molecule has 1 atom stereocenters. The maximum absolute atomic E-state index is 9.78. The van der Waals surface area contributed by atoms with E-state index in [2.05, 4.69) is 57.5 Å². The Hall–Kier alpha value is -1.74. The summed E-state index contributed by atoms with van der Waals surface area (Å²) in [5, 5.41) is 12.7. The summed E-state index contributed by atoms with van der Waals surface area (Å²) >= 11 is 1.41. The lowest BCUT2D eigenvalue weighted by molar-refractivity contribution is 0.195. The third kappa shape index (κ3) is 4.64. The van der Waals surface area contributed by atoms with E-state index in [4.69, 9.17) is 6.42 Å². The van der Waals surface area contributed by atoms with Crippen molar-refractivity contribution in [2.45, 2.75) is 24.9 Å². The molecule has 2 N–H and O–H groups in total. The summed E-state index contributed by atoms with van der Waals surface area (Å²) in [6.07, 6.45) is 9.79. The van der Waals surface area contributed by atoms with Gasteiger partial charge in [0, 0.05) is 6.54 Å². The van der Waals surface area contributed by atoms with Gasteiger partial charge in [-0.2, -0.15) is 0 Å². The largest absolute Gasteiger partial charge is 0.364 e. The average molecular weight is 341 g/mol. The maximum Gasteiger partial charge on any atom is 0.179 e. The molecule has 0 spiro atoms. The molecule has 0 aromatic heterocycles. The van der Waals surface area contributed by atoms with E-state index in [0.29, 0.717) is 12.5 Å². The molecular weight excluding hydrogens is 318 g/mol. The molecule has 126 valence electrons. The molecule has 5 heteroatoms. The van der Waals surface area contributed by atoms with Crippen molar-refractivity contribution in [3.05, 3.63) is 46.9 Å². The first-order valence-corrected chi connectivity index (χ1v) is 9.20. The van der Waals surface area contributed by atoms with Gasteiger partial charge in [-0.05, 0) is 37.4 Å². The van der Waals surface area contributed by atoms with Crippen LogP contribution in [0.15, 0.2) is 46.3 Å². The highest BCUT2D eigenvalue weighted by Gasteiger charge is 2.26. The van der Waals surface area contributed by atoms with Crippen molar-refractivity contribution in [1.29, 1.82) is 0 Å². The minimum absolute atomic E-state index is 0.336. The van der Waals surface area contributed by atoms with Crippen LogP contribution in [0.2, 0.25) is 0 Å². The number of aliphatic imine (C=N–C) groups is 1. The summed E-state index contributed by atoms with van der Waals surface area (Å²) in [4.78, 5) is 7.85. The molecule has 1 unspecified atom stereocenters. The number of nitrogens with zero attached hydrogens (tertiary/aromatic N) is 2. The molecule has 1 aromatic rings. The standard InChI is InChI=1S/C19H23N3OS/c1-2-10-20-18-17(24-19(23)21-18)13-15-8-11-22(12-9-15)14-16-6-4-3-5-7-16/h1,3-7,13,15,19,23H,8-12,14H2,(H,20,21). The Balaban J connectivity index is 1.55. The van der Waals surface area contributed by atoms with Gasteiger partial charge in [0.1, 0.15) is 12.4 Å². The molecule has 4 nitrogen and oxygen atoms in total. The highest BCUT2D eigenvalue weighted by molar-refractivity contribution is 8.04. The molecule has 2 aliphatic rings. The number of rotatable bonds is 4. The third-order valence-corrected chi connectivity index (χ3v) is 5.25. The third-order valence-electron chi connectivity index (χ3n) is 4.33. The van der Waals surface area contributed by atoms with Gasteiger partial charge in [-0.1, -0.05) is 54.1 Å². The second-order valence-corrected chi connectivity index (χ2v) is 7.24. The van der Waals surface area contributed by atoms with Gasteiger partial charge in [0.15, 0.2) is 5.56 Å². The molecule has 0 amide bonds. The van der Waals surface area contributed by atoms with E-state index in [1.807, 2.05) is 0 Å². The number of amidine groups is 1. The monoisotopic (exact) mass is 341 g/mol. The highest BCUT2D eigenvalue weighted by Crippen LogP contribution is 2.30. The number of hydrogen-bond donors (Lipinski definition) is 2. The molecule has 2 saturated heterocycles.